The fourth-order valence-electron chi connectivity index (χ4n) is 1.43. The smallest absolute Gasteiger partial charge is 0.266 e. The molecule has 2 rings (SSSR count). The summed E-state index contributed by atoms with van der Waals surface area (Å²) in [7, 11) is 0. The second kappa shape index (κ2) is 6.20. The molecule has 0 aliphatic heterocycles. The van der Waals surface area contributed by atoms with Crippen LogP contribution in [0.5, 0.6) is 0 Å². The fourth-order valence-corrected chi connectivity index (χ4v) is 1.97. The molecule has 1 N–H and O–H groups in total. The van der Waals surface area contributed by atoms with E-state index >= 15 is 0 Å². The van der Waals surface area contributed by atoms with E-state index < -0.39 is 5.91 Å². The summed E-state index contributed by atoms with van der Waals surface area (Å²) >= 11 is 2.15. The Morgan fingerprint density at radius 1 is 1.37 bits per heavy atom. The van der Waals surface area contributed by atoms with Gasteiger partial charge in [-0.3, -0.25) is 4.79 Å². The average molecular weight is 364 g/mol. The molecule has 0 aliphatic rings. The highest BCUT2D eigenvalue weighted by molar-refractivity contribution is 14.1. The Hall–Kier alpha value is -2.07. The quantitative estimate of drug-likeness (QED) is 0.516. The largest absolute Gasteiger partial charge is 0.465 e. The van der Waals surface area contributed by atoms with Crippen molar-refractivity contribution in [1.82, 2.24) is 0 Å². The summed E-state index contributed by atoms with van der Waals surface area (Å²) in [6.45, 7) is 0. The molecule has 0 fully saturated rings. The third-order valence-corrected chi connectivity index (χ3v) is 2.95. The molecular formula is C14H9IN2O2. The van der Waals surface area contributed by atoms with Crippen molar-refractivity contribution in [1.29, 1.82) is 5.26 Å². The van der Waals surface area contributed by atoms with Gasteiger partial charge in [0.25, 0.3) is 5.91 Å². The van der Waals surface area contributed by atoms with Gasteiger partial charge in [-0.05, 0) is 52.9 Å². The molecule has 2 aromatic rings. The summed E-state index contributed by atoms with van der Waals surface area (Å²) in [5.41, 5.74) is 0.645. The van der Waals surface area contributed by atoms with E-state index in [1.54, 1.807) is 18.2 Å². The van der Waals surface area contributed by atoms with Crippen molar-refractivity contribution in [2.75, 3.05) is 5.32 Å². The van der Waals surface area contributed by atoms with Crippen LogP contribution in [0.2, 0.25) is 0 Å². The number of nitrogens with one attached hydrogen (secondary N) is 1. The first-order valence-electron chi connectivity index (χ1n) is 5.41. The Kier molecular flexibility index (Phi) is 4.36. The lowest BCUT2D eigenvalue weighted by Gasteiger charge is -2.04. The molecule has 0 aliphatic carbocycles. The Labute approximate surface area is 123 Å². The topological polar surface area (TPSA) is 66.0 Å². The van der Waals surface area contributed by atoms with E-state index in [1.165, 1.54) is 12.3 Å². The lowest BCUT2D eigenvalue weighted by atomic mass is 10.2. The third-order valence-electron chi connectivity index (χ3n) is 2.28. The zero-order valence-electron chi connectivity index (χ0n) is 9.76. The van der Waals surface area contributed by atoms with Crippen molar-refractivity contribution in [2.24, 2.45) is 0 Å². The third kappa shape index (κ3) is 3.69. The molecule has 4 nitrogen and oxygen atoms in total. The molecule has 19 heavy (non-hydrogen) atoms. The van der Waals surface area contributed by atoms with Gasteiger partial charge < -0.3 is 9.73 Å². The van der Waals surface area contributed by atoms with Crippen molar-refractivity contribution in [3.8, 4) is 6.07 Å². The highest BCUT2D eigenvalue weighted by atomic mass is 127. The molecule has 1 aromatic carbocycles. The minimum absolute atomic E-state index is 0.00573. The van der Waals surface area contributed by atoms with Crippen molar-refractivity contribution in [3.05, 3.63) is 57.6 Å². The van der Waals surface area contributed by atoms with Crippen LogP contribution in [0.4, 0.5) is 5.69 Å². The molecule has 0 saturated carbocycles. The van der Waals surface area contributed by atoms with Crippen LogP contribution in [0.25, 0.3) is 6.08 Å². The van der Waals surface area contributed by atoms with E-state index in [2.05, 4.69) is 27.9 Å². The number of furan rings is 1. The molecule has 1 heterocycles. The molecule has 0 radical (unpaired) electrons. The zero-order valence-corrected chi connectivity index (χ0v) is 11.9. The Morgan fingerprint density at radius 3 is 2.84 bits per heavy atom. The molecular weight excluding hydrogens is 355 g/mol. The van der Waals surface area contributed by atoms with Gasteiger partial charge in [0, 0.05) is 15.3 Å². The normalized spacial score (nSPS) is 10.8. The predicted molar refractivity (Wildman–Crippen MR) is 80.1 cm³/mol. The van der Waals surface area contributed by atoms with Gasteiger partial charge in [0.05, 0.1) is 6.26 Å². The van der Waals surface area contributed by atoms with Gasteiger partial charge in [-0.2, -0.15) is 5.26 Å². The second-order valence-electron chi connectivity index (χ2n) is 3.65. The molecule has 0 spiro atoms. The number of hydrogen-bond donors (Lipinski definition) is 1. The van der Waals surface area contributed by atoms with Gasteiger partial charge in [-0.25, -0.2) is 0 Å². The van der Waals surface area contributed by atoms with Gasteiger partial charge in [-0.15, -0.1) is 0 Å². The number of hydrogen-bond acceptors (Lipinski definition) is 3. The lowest BCUT2D eigenvalue weighted by molar-refractivity contribution is -0.112. The maximum atomic E-state index is 11.9. The SMILES string of the molecule is N#C/C(=C\c1ccco1)C(=O)Nc1cccc(I)c1. The van der Waals surface area contributed by atoms with E-state index in [4.69, 9.17) is 9.68 Å². The number of benzene rings is 1. The van der Waals surface area contributed by atoms with Crippen molar-refractivity contribution in [2.45, 2.75) is 0 Å². The Bertz CT molecular complexity index is 654. The van der Waals surface area contributed by atoms with Crippen LogP contribution >= 0.6 is 22.6 Å². The number of nitriles is 1. The van der Waals surface area contributed by atoms with Gasteiger partial charge in [0.15, 0.2) is 0 Å². The van der Waals surface area contributed by atoms with Gasteiger partial charge in [-0.1, -0.05) is 6.07 Å². The molecule has 94 valence electrons. The molecule has 0 unspecified atom stereocenters. The van der Waals surface area contributed by atoms with Crippen LogP contribution in [0.15, 0.2) is 52.7 Å². The summed E-state index contributed by atoms with van der Waals surface area (Å²) in [5, 5.41) is 11.7. The first-order valence-corrected chi connectivity index (χ1v) is 6.49. The fraction of sp³-hybridized carbons (Fsp3) is 0. The molecule has 0 atom stereocenters. The molecule has 1 aromatic heterocycles. The summed E-state index contributed by atoms with van der Waals surface area (Å²) in [4.78, 5) is 11.9. The number of rotatable bonds is 3. The van der Waals surface area contributed by atoms with Crippen molar-refractivity contribution < 1.29 is 9.21 Å². The highest BCUT2D eigenvalue weighted by Gasteiger charge is 2.10. The van der Waals surface area contributed by atoms with Gasteiger partial charge in [0.2, 0.25) is 0 Å². The van der Waals surface area contributed by atoms with Crippen LogP contribution in [0.1, 0.15) is 5.76 Å². The molecule has 0 saturated heterocycles. The summed E-state index contributed by atoms with van der Waals surface area (Å²) in [6, 6.07) is 12.6. The van der Waals surface area contributed by atoms with Crippen LogP contribution in [0, 0.1) is 14.9 Å². The number of halogens is 1. The van der Waals surface area contributed by atoms with Crippen LogP contribution in [-0.4, -0.2) is 5.91 Å². The van der Waals surface area contributed by atoms with E-state index in [0.717, 1.165) is 3.57 Å². The lowest BCUT2D eigenvalue weighted by Crippen LogP contribution is -2.13. The maximum Gasteiger partial charge on any atom is 0.266 e. The first kappa shape index (κ1) is 13.4. The minimum Gasteiger partial charge on any atom is -0.465 e. The highest BCUT2D eigenvalue weighted by Crippen LogP contribution is 2.14. The number of carbonyl (C=O) groups excluding carboxylic acids is 1. The monoisotopic (exact) mass is 364 g/mol. The van der Waals surface area contributed by atoms with E-state index in [0.29, 0.717) is 11.4 Å². The predicted octanol–water partition coefficient (Wildman–Crippen LogP) is 3.43. The zero-order chi connectivity index (χ0) is 13.7. The van der Waals surface area contributed by atoms with Crippen LogP contribution in [-0.2, 0) is 4.79 Å². The molecule has 1 amide bonds. The van der Waals surface area contributed by atoms with E-state index in [9.17, 15) is 4.79 Å². The maximum absolute atomic E-state index is 11.9. The molecule has 5 heteroatoms. The minimum atomic E-state index is -0.457. The number of nitrogens with zero attached hydrogens (tertiary/aromatic N) is 1. The Morgan fingerprint density at radius 2 is 2.21 bits per heavy atom. The van der Waals surface area contributed by atoms with E-state index in [1.807, 2.05) is 24.3 Å². The van der Waals surface area contributed by atoms with Gasteiger partial charge in [0.1, 0.15) is 17.4 Å². The number of anilines is 1. The van der Waals surface area contributed by atoms with Crippen molar-refractivity contribution in [3.63, 3.8) is 0 Å². The first-order chi connectivity index (χ1) is 9.19. The van der Waals surface area contributed by atoms with E-state index in [-0.39, 0.29) is 5.57 Å². The molecule has 0 bridgehead atoms. The second-order valence-corrected chi connectivity index (χ2v) is 4.90. The summed E-state index contributed by atoms with van der Waals surface area (Å²) < 4.78 is 6.08. The van der Waals surface area contributed by atoms with Crippen molar-refractivity contribution >= 4 is 40.3 Å². The number of amides is 1. The summed E-state index contributed by atoms with van der Waals surface area (Å²) in [5.74, 6) is 0.00948. The van der Waals surface area contributed by atoms with Crippen LogP contribution < -0.4 is 5.32 Å². The van der Waals surface area contributed by atoms with Crippen LogP contribution in [0.3, 0.4) is 0 Å². The van der Waals surface area contributed by atoms with Gasteiger partial charge >= 0.3 is 0 Å². The summed E-state index contributed by atoms with van der Waals surface area (Å²) in [6.07, 6.45) is 2.89. The standard InChI is InChI=1S/C14H9IN2O2/c15-11-3-1-4-12(8-11)17-14(18)10(9-16)7-13-5-2-6-19-13/h1-8H,(H,17,18)/b10-7+. The number of carbonyl (C=O) groups is 1. The Balaban J connectivity index is 2.17. The average Bonchev–Trinajstić information content (AvgIpc) is 2.88.